The van der Waals surface area contributed by atoms with Gasteiger partial charge in [0.05, 0.1) is 5.56 Å². The van der Waals surface area contributed by atoms with E-state index in [9.17, 15) is 17.6 Å². The van der Waals surface area contributed by atoms with Gasteiger partial charge in [-0.25, -0.2) is 4.39 Å². The molecule has 1 rings (SSSR count). The molecule has 0 saturated carbocycles. The summed E-state index contributed by atoms with van der Waals surface area (Å²) in [6.07, 6.45) is -3.35. The fraction of sp³-hybridized carbons (Fsp3) is 0.273. The molecule has 0 radical (unpaired) electrons. The Kier molecular flexibility index (Phi) is 4.51. The van der Waals surface area contributed by atoms with Crippen molar-refractivity contribution in [3.63, 3.8) is 0 Å². The molecule has 0 aliphatic carbocycles. The van der Waals surface area contributed by atoms with Crippen molar-refractivity contribution in [2.45, 2.75) is 6.18 Å². The molecular formula is C11H11F4NO. The first kappa shape index (κ1) is 13.5. The third kappa shape index (κ3) is 4.44. The van der Waals surface area contributed by atoms with Crippen molar-refractivity contribution in [1.29, 1.82) is 0 Å². The highest BCUT2D eigenvalue weighted by molar-refractivity contribution is 5.30. The van der Waals surface area contributed by atoms with E-state index in [4.69, 9.17) is 10.5 Å². The monoisotopic (exact) mass is 249 g/mol. The molecule has 1 aromatic rings. The van der Waals surface area contributed by atoms with Crippen LogP contribution in [0.2, 0.25) is 0 Å². The zero-order valence-corrected chi connectivity index (χ0v) is 8.80. The number of hydrogen-bond acceptors (Lipinski definition) is 2. The maximum atomic E-state index is 12.6. The van der Waals surface area contributed by atoms with Gasteiger partial charge in [-0.15, -0.1) is 0 Å². The van der Waals surface area contributed by atoms with Crippen molar-refractivity contribution in [2.75, 3.05) is 13.2 Å². The van der Waals surface area contributed by atoms with E-state index >= 15 is 0 Å². The van der Waals surface area contributed by atoms with E-state index < -0.39 is 17.6 Å². The zero-order valence-electron chi connectivity index (χ0n) is 8.80. The van der Waals surface area contributed by atoms with Crippen LogP contribution < -0.4 is 10.5 Å². The number of ether oxygens (including phenoxy) is 1. The lowest BCUT2D eigenvalue weighted by molar-refractivity contribution is -0.137. The molecule has 1 aromatic carbocycles. The first-order valence-electron chi connectivity index (χ1n) is 4.78. The number of alkyl halides is 3. The Bertz CT molecular complexity index is 401. The Hall–Kier alpha value is -1.56. The van der Waals surface area contributed by atoms with Crippen LogP contribution in [0.5, 0.6) is 5.75 Å². The molecule has 0 spiro atoms. The predicted octanol–water partition coefficient (Wildman–Crippen LogP) is 2.90. The quantitative estimate of drug-likeness (QED) is 0.833. The summed E-state index contributed by atoms with van der Waals surface area (Å²) in [5, 5.41) is 0. The third-order valence-electron chi connectivity index (χ3n) is 1.91. The smallest absolute Gasteiger partial charge is 0.416 e. The molecule has 94 valence electrons. The zero-order chi connectivity index (χ0) is 12.9. The fourth-order valence-electron chi connectivity index (χ4n) is 1.07. The molecule has 0 aromatic heterocycles. The average molecular weight is 249 g/mol. The molecule has 17 heavy (non-hydrogen) atoms. The standard InChI is InChI=1S/C11H11F4NO/c12-9(7-16)4-5-17-10-3-1-2-8(6-10)11(13,14)15/h1-4,6H,5,7,16H2. The van der Waals surface area contributed by atoms with Gasteiger partial charge < -0.3 is 10.5 Å². The minimum Gasteiger partial charge on any atom is -0.489 e. The van der Waals surface area contributed by atoms with Crippen molar-refractivity contribution < 1.29 is 22.3 Å². The van der Waals surface area contributed by atoms with Gasteiger partial charge in [0.1, 0.15) is 18.2 Å². The maximum absolute atomic E-state index is 12.6. The van der Waals surface area contributed by atoms with Crippen molar-refractivity contribution in [2.24, 2.45) is 5.73 Å². The second-order valence-electron chi connectivity index (χ2n) is 3.19. The number of benzene rings is 1. The molecule has 0 saturated heterocycles. The minimum absolute atomic E-state index is 0.0286. The molecule has 6 heteroatoms. The van der Waals surface area contributed by atoms with Gasteiger partial charge >= 0.3 is 6.18 Å². The summed E-state index contributed by atoms with van der Waals surface area (Å²) in [5.41, 5.74) is 4.18. The summed E-state index contributed by atoms with van der Waals surface area (Å²) < 4.78 is 54.5. The average Bonchev–Trinajstić information content (AvgIpc) is 2.28. The summed E-state index contributed by atoms with van der Waals surface area (Å²) in [6, 6.07) is 4.38. The lowest BCUT2D eigenvalue weighted by Crippen LogP contribution is -2.05. The van der Waals surface area contributed by atoms with Crippen molar-refractivity contribution in [3.8, 4) is 5.75 Å². The largest absolute Gasteiger partial charge is 0.489 e. The molecule has 0 aliphatic heterocycles. The van der Waals surface area contributed by atoms with Gasteiger partial charge in [0.25, 0.3) is 0 Å². The molecule has 0 bridgehead atoms. The highest BCUT2D eigenvalue weighted by Gasteiger charge is 2.30. The number of halogens is 4. The van der Waals surface area contributed by atoms with Crippen LogP contribution in [-0.2, 0) is 6.18 Å². The summed E-state index contributed by atoms with van der Waals surface area (Å²) in [5.74, 6) is -0.544. The van der Waals surface area contributed by atoms with E-state index in [-0.39, 0.29) is 18.9 Å². The number of hydrogen-bond donors (Lipinski definition) is 1. The third-order valence-corrected chi connectivity index (χ3v) is 1.91. The Morgan fingerprint density at radius 1 is 1.35 bits per heavy atom. The van der Waals surface area contributed by atoms with Gasteiger partial charge in [-0.1, -0.05) is 6.07 Å². The van der Waals surface area contributed by atoms with Crippen LogP contribution in [0.4, 0.5) is 17.6 Å². The second-order valence-corrected chi connectivity index (χ2v) is 3.19. The van der Waals surface area contributed by atoms with Crippen LogP contribution in [0, 0.1) is 0 Å². The van der Waals surface area contributed by atoms with E-state index in [1.807, 2.05) is 0 Å². The molecular weight excluding hydrogens is 238 g/mol. The molecule has 0 amide bonds. The Morgan fingerprint density at radius 2 is 2.06 bits per heavy atom. The second kappa shape index (κ2) is 5.67. The fourth-order valence-corrected chi connectivity index (χ4v) is 1.07. The van der Waals surface area contributed by atoms with Crippen LogP contribution in [0.25, 0.3) is 0 Å². The van der Waals surface area contributed by atoms with Gasteiger partial charge in [-0.05, 0) is 24.3 Å². The van der Waals surface area contributed by atoms with Crippen molar-refractivity contribution in [3.05, 3.63) is 41.7 Å². The molecule has 2 nitrogen and oxygen atoms in total. The van der Waals surface area contributed by atoms with E-state index in [2.05, 4.69) is 0 Å². The normalized spacial score (nSPS) is 12.6. The Balaban J connectivity index is 2.67. The van der Waals surface area contributed by atoms with Gasteiger partial charge in [-0.3, -0.25) is 0 Å². The predicted molar refractivity (Wildman–Crippen MR) is 55.2 cm³/mol. The number of nitrogens with two attached hydrogens (primary N) is 1. The van der Waals surface area contributed by atoms with Gasteiger partial charge in [-0.2, -0.15) is 13.2 Å². The molecule has 2 N–H and O–H groups in total. The molecule has 0 fully saturated rings. The summed E-state index contributed by atoms with van der Waals surface area (Å²) in [6.45, 7) is -0.420. The van der Waals surface area contributed by atoms with Gasteiger partial charge in [0.15, 0.2) is 0 Å². The van der Waals surface area contributed by atoms with E-state index in [0.29, 0.717) is 0 Å². The highest BCUT2D eigenvalue weighted by Crippen LogP contribution is 2.31. The topological polar surface area (TPSA) is 35.2 Å². The first-order chi connectivity index (χ1) is 7.93. The van der Waals surface area contributed by atoms with E-state index in [1.165, 1.54) is 12.1 Å². The summed E-state index contributed by atoms with van der Waals surface area (Å²) in [7, 11) is 0. The molecule has 0 unspecified atom stereocenters. The highest BCUT2D eigenvalue weighted by atomic mass is 19.4. The lowest BCUT2D eigenvalue weighted by Gasteiger charge is -2.09. The van der Waals surface area contributed by atoms with Crippen LogP contribution in [0.1, 0.15) is 5.56 Å². The van der Waals surface area contributed by atoms with Crippen molar-refractivity contribution in [1.82, 2.24) is 0 Å². The number of rotatable bonds is 4. The minimum atomic E-state index is -4.42. The Labute approximate surface area is 95.7 Å². The van der Waals surface area contributed by atoms with Crippen LogP contribution in [0.3, 0.4) is 0 Å². The summed E-state index contributed by atoms with van der Waals surface area (Å²) >= 11 is 0. The van der Waals surface area contributed by atoms with Gasteiger partial charge in [0, 0.05) is 6.54 Å². The van der Waals surface area contributed by atoms with Crippen LogP contribution >= 0.6 is 0 Å². The maximum Gasteiger partial charge on any atom is 0.416 e. The summed E-state index contributed by atoms with van der Waals surface area (Å²) in [4.78, 5) is 0. The Morgan fingerprint density at radius 3 is 2.65 bits per heavy atom. The van der Waals surface area contributed by atoms with E-state index in [1.54, 1.807) is 0 Å². The van der Waals surface area contributed by atoms with Crippen molar-refractivity contribution >= 4 is 0 Å². The first-order valence-corrected chi connectivity index (χ1v) is 4.78. The molecule has 0 aliphatic rings. The molecule has 0 atom stereocenters. The lowest BCUT2D eigenvalue weighted by atomic mass is 10.2. The van der Waals surface area contributed by atoms with E-state index in [0.717, 1.165) is 18.2 Å². The van der Waals surface area contributed by atoms with Gasteiger partial charge in [0.2, 0.25) is 0 Å². The van der Waals surface area contributed by atoms with Crippen LogP contribution in [0.15, 0.2) is 36.2 Å². The molecule has 0 heterocycles. The SMILES string of the molecule is NCC(F)=CCOc1cccc(C(F)(F)F)c1. The van der Waals surface area contributed by atoms with Crippen LogP contribution in [-0.4, -0.2) is 13.2 Å².